The molecule has 0 radical (unpaired) electrons. The van der Waals surface area contributed by atoms with Crippen molar-refractivity contribution in [1.29, 1.82) is 0 Å². The van der Waals surface area contributed by atoms with Crippen molar-refractivity contribution in [3.63, 3.8) is 0 Å². The van der Waals surface area contributed by atoms with Crippen LogP contribution in [-0.2, 0) is 0 Å². The van der Waals surface area contributed by atoms with Gasteiger partial charge < -0.3 is 0 Å². The highest BCUT2D eigenvalue weighted by atomic mass is 79.9. The first-order valence-corrected chi connectivity index (χ1v) is 8.47. The molecular formula is C13H14Br2OS. The number of halogens is 2. The van der Waals surface area contributed by atoms with Gasteiger partial charge in [0, 0.05) is 20.9 Å². The zero-order valence-corrected chi connectivity index (χ0v) is 13.4. The van der Waals surface area contributed by atoms with E-state index in [1.54, 1.807) is 0 Å². The Bertz CT molecular complexity index is 414. The fourth-order valence-electron chi connectivity index (χ4n) is 2.03. The molecule has 4 heteroatoms. The monoisotopic (exact) mass is 376 g/mol. The molecule has 1 nitrogen and oxygen atoms in total. The zero-order chi connectivity index (χ0) is 12.3. The van der Waals surface area contributed by atoms with Crippen LogP contribution in [0, 0.1) is 5.92 Å². The highest BCUT2D eigenvalue weighted by molar-refractivity contribution is 9.11. The Kier molecular flexibility index (Phi) is 5.12. The van der Waals surface area contributed by atoms with E-state index in [2.05, 4.69) is 31.9 Å². The number of carbonyl (C=O) groups excluding carboxylic acids is 1. The van der Waals surface area contributed by atoms with Gasteiger partial charge in [0.1, 0.15) is 0 Å². The van der Waals surface area contributed by atoms with Crippen LogP contribution in [0.5, 0.6) is 0 Å². The van der Waals surface area contributed by atoms with Crippen LogP contribution in [0.3, 0.4) is 0 Å². The molecule has 0 aliphatic carbocycles. The van der Waals surface area contributed by atoms with Crippen molar-refractivity contribution in [3.8, 4) is 0 Å². The number of carbonyl (C=O) groups is 1. The van der Waals surface area contributed by atoms with Crippen LogP contribution in [0.1, 0.15) is 29.6 Å². The SMILES string of the molecule is O=C(CC1CCSCC1)c1cc(Br)ccc1Br. The molecule has 1 saturated heterocycles. The van der Waals surface area contributed by atoms with E-state index in [-0.39, 0.29) is 5.78 Å². The predicted molar refractivity (Wildman–Crippen MR) is 80.8 cm³/mol. The Hall–Kier alpha value is 0.200. The third kappa shape index (κ3) is 3.83. The second kappa shape index (κ2) is 6.39. The van der Waals surface area contributed by atoms with Gasteiger partial charge in [-0.2, -0.15) is 11.8 Å². The number of hydrogen-bond donors (Lipinski definition) is 0. The number of hydrogen-bond acceptors (Lipinski definition) is 2. The normalized spacial score (nSPS) is 17.1. The fourth-order valence-corrected chi connectivity index (χ4v) is 4.07. The average molecular weight is 378 g/mol. The van der Waals surface area contributed by atoms with Gasteiger partial charge in [-0.3, -0.25) is 4.79 Å². The van der Waals surface area contributed by atoms with Crippen molar-refractivity contribution < 1.29 is 4.79 Å². The Balaban J connectivity index is 2.05. The summed E-state index contributed by atoms with van der Waals surface area (Å²) < 4.78 is 1.86. The Labute approximate surface area is 123 Å². The molecule has 1 fully saturated rings. The summed E-state index contributed by atoms with van der Waals surface area (Å²) in [7, 11) is 0. The van der Waals surface area contributed by atoms with Gasteiger partial charge in [-0.1, -0.05) is 31.9 Å². The van der Waals surface area contributed by atoms with E-state index in [0.717, 1.165) is 14.5 Å². The molecule has 1 aromatic carbocycles. The van der Waals surface area contributed by atoms with Crippen LogP contribution >= 0.6 is 43.6 Å². The summed E-state index contributed by atoms with van der Waals surface area (Å²) in [5.74, 6) is 3.25. The second-order valence-electron chi connectivity index (χ2n) is 4.31. The lowest BCUT2D eigenvalue weighted by molar-refractivity contribution is 0.0958. The molecule has 0 unspecified atom stereocenters. The lowest BCUT2D eigenvalue weighted by Crippen LogP contribution is -2.14. The third-order valence-corrected chi connectivity index (χ3v) is 5.28. The van der Waals surface area contributed by atoms with Crippen molar-refractivity contribution in [2.45, 2.75) is 19.3 Å². The van der Waals surface area contributed by atoms with Crippen molar-refractivity contribution in [3.05, 3.63) is 32.7 Å². The van der Waals surface area contributed by atoms with Gasteiger partial charge in [0.25, 0.3) is 0 Å². The van der Waals surface area contributed by atoms with Crippen LogP contribution < -0.4 is 0 Å². The van der Waals surface area contributed by atoms with Crippen LogP contribution in [-0.4, -0.2) is 17.3 Å². The maximum Gasteiger partial charge on any atom is 0.164 e. The minimum Gasteiger partial charge on any atom is -0.294 e. The molecule has 1 aliphatic heterocycles. The number of ketones is 1. The molecule has 0 amide bonds. The van der Waals surface area contributed by atoms with E-state index in [1.807, 2.05) is 30.0 Å². The summed E-state index contributed by atoms with van der Waals surface area (Å²) >= 11 is 8.86. The first kappa shape index (κ1) is 13.6. The Morgan fingerprint density at radius 3 is 2.71 bits per heavy atom. The second-order valence-corrected chi connectivity index (χ2v) is 7.30. The molecule has 1 heterocycles. The van der Waals surface area contributed by atoms with E-state index in [9.17, 15) is 4.79 Å². The number of benzene rings is 1. The smallest absolute Gasteiger partial charge is 0.164 e. The highest BCUT2D eigenvalue weighted by Crippen LogP contribution is 2.29. The summed E-state index contributed by atoms with van der Waals surface area (Å²) in [6, 6.07) is 5.77. The molecule has 2 rings (SSSR count). The summed E-state index contributed by atoms with van der Waals surface area (Å²) in [6.07, 6.45) is 3.06. The lowest BCUT2D eigenvalue weighted by Gasteiger charge is -2.20. The average Bonchev–Trinajstić information content (AvgIpc) is 2.33. The van der Waals surface area contributed by atoms with E-state index < -0.39 is 0 Å². The first-order valence-electron chi connectivity index (χ1n) is 5.73. The van der Waals surface area contributed by atoms with Gasteiger partial charge in [-0.25, -0.2) is 0 Å². The molecule has 0 aromatic heterocycles. The molecule has 1 aliphatic rings. The molecule has 92 valence electrons. The van der Waals surface area contributed by atoms with Crippen LogP contribution in [0.15, 0.2) is 27.1 Å². The molecule has 0 atom stereocenters. The zero-order valence-electron chi connectivity index (χ0n) is 9.42. The van der Waals surface area contributed by atoms with Crippen molar-refractivity contribution in [1.82, 2.24) is 0 Å². The summed E-state index contributed by atoms with van der Waals surface area (Å²) in [5.41, 5.74) is 0.803. The molecule has 0 saturated carbocycles. The van der Waals surface area contributed by atoms with Gasteiger partial charge in [0.2, 0.25) is 0 Å². The van der Waals surface area contributed by atoms with E-state index in [0.29, 0.717) is 12.3 Å². The third-order valence-electron chi connectivity index (χ3n) is 3.04. The van der Waals surface area contributed by atoms with E-state index in [4.69, 9.17) is 0 Å². The van der Waals surface area contributed by atoms with Crippen molar-refractivity contribution >= 4 is 49.4 Å². The Morgan fingerprint density at radius 1 is 1.29 bits per heavy atom. The van der Waals surface area contributed by atoms with Gasteiger partial charge in [-0.05, 0) is 48.5 Å². The predicted octanol–water partition coefficient (Wildman–Crippen LogP) is 4.93. The van der Waals surface area contributed by atoms with Crippen LogP contribution in [0.4, 0.5) is 0 Å². The maximum atomic E-state index is 12.2. The standard InChI is InChI=1S/C13H14Br2OS/c14-10-1-2-12(15)11(8-10)13(16)7-9-3-5-17-6-4-9/h1-2,8-9H,3-7H2. The van der Waals surface area contributed by atoms with Gasteiger partial charge in [0.05, 0.1) is 0 Å². The summed E-state index contributed by atoms with van der Waals surface area (Å²) in [4.78, 5) is 12.2. The van der Waals surface area contributed by atoms with Crippen LogP contribution in [0.25, 0.3) is 0 Å². The topological polar surface area (TPSA) is 17.1 Å². The minimum absolute atomic E-state index is 0.259. The largest absolute Gasteiger partial charge is 0.294 e. The summed E-state index contributed by atoms with van der Waals surface area (Å²) in [6.45, 7) is 0. The minimum atomic E-state index is 0.259. The van der Waals surface area contributed by atoms with E-state index >= 15 is 0 Å². The van der Waals surface area contributed by atoms with Crippen LogP contribution in [0.2, 0.25) is 0 Å². The molecule has 17 heavy (non-hydrogen) atoms. The fraction of sp³-hybridized carbons (Fsp3) is 0.462. The van der Waals surface area contributed by atoms with E-state index in [1.165, 1.54) is 24.3 Å². The number of rotatable bonds is 3. The first-order chi connectivity index (χ1) is 8.16. The molecule has 0 spiro atoms. The molecular weight excluding hydrogens is 364 g/mol. The molecule has 1 aromatic rings. The van der Waals surface area contributed by atoms with Gasteiger partial charge >= 0.3 is 0 Å². The van der Waals surface area contributed by atoms with Gasteiger partial charge in [-0.15, -0.1) is 0 Å². The summed E-state index contributed by atoms with van der Waals surface area (Å²) in [5, 5.41) is 0. The molecule has 0 N–H and O–H groups in total. The maximum absolute atomic E-state index is 12.2. The number of thioether (sulfide) groups is 1. The Morgan fingerprint density at radius 2 is 2.00 bits per heavy atom. The number of Topliss-reactive ketones (excluding diaryl/α,β-unsaturated/α-hetero) is 1. The quantitative estimate of drug-likeness (QED) is 0.694. The van der Waals surface area contributed by atoms with Crippen molar-refractivity contribution in [2.24, 2.45) is 5.92 Å². The highest BCUT2D eigenvalue weighted by Gasteiger charge is 2.19. The van der Waals surface area contributed by atoms with Gasteiger partial charge in [0.15, 0.2) is 5.78 Å². The van der Waals surface area contributed by atoms with Crippen molar-refractivity contribution in [2.75, 3.05) is 11.5 Å². The lowest BCUT2D eigenvalue weighted by atomic mass is 9.93. The molecule has 0 bridgehead atoms.